The van der Waals surface area contributed by atoms with Crippen LogP contribution in [-0.2, 0) is 4.79 Å². The first-order valence-corrected chi connectivity index (χ1v) is 4.31. The predicted octanol–water partition coefficient (Wildman–Crippen LogP) is 0.967. The van der Waals surface area contributed by atoms with Crippen molar-refractivity contribution in [2.45, 2.75) is 0 Å². The highest BCUT2D eigenvalue weighted by Gasteiger charge is 2.15. The maximum absolute atomic E-state index is 10.7. The zero-order valence-electron chi connectivity index (χ0n) is 8.80. The van der Waals surface area contributed by atoms with Crippen LogP contribution in [0.25, 0.3) is 0 Å². The number of carboxylic acids is 1. The molecule has 0 bridgehead atoms. The Kier molecular flexibility index (Phi) is 3.71. The van der Waals surface area contributed by atoms with E-state index in [4.69, 9.17) is 19.8 Å². The lowest BCUT2D eigenvalue weighted by molar-refractivity contribution is -0.129. The summed E-state index contributed by atoms with van der Waals surface area (Å²) in [5.41, 5.74) is -0.228. The molecule has 0 aliphatic rings. The number of methoxy groups -OCH3 is 2. The first kappa shape index (κ1) is 11.8. The number of rotatable bonds is 4. The third-order valence-electron chi connectivity index (χ3n) is 1.96. The summed E-state index contributed by atoms with van der Waals surface area (Å²) in [7, 11) is 2.90. The highest BCUT2D eigenvalue weighted by atomic mass is 16.5. The molecular formula is C10H11NO5. The molecule has 1 aromatic carbocycles. The zero-order valence-corrected chi connectivity index (χ0v) is 8.80. The standard InChI is InChI=1S/C10H11NO5/c1-15-7-4-3-6(5-8(7)16-2)9(11-14)10(12)13/h3-5,14H,1-2H3,(H,12,13). The first-order chi connectivity index (χ1) is 7.63. The molecular weight excluding hydrogens is 214 g/mol. The van der Waals surface area contributed by atoms with Crippen LogP contribution in [0.5, 0.6) is 11.5 Å². The van der Waals surface area contributed by atoms with Crippen molar-refractivity contribution in [3.8, 4) is 11.5 Å². The van der Waals surface area contributed by atoms with Crippen molar-refractivity contribution in [3.05, 3.63) is 23.8 Å². The minimum Gasteiger partial charge on any atom is -0.493 e. The Morgan fingerprint density at radius 3 is 2.31 bits per heavy atom. The summed E-state index contributed by atoms with van der Waals surface area (Å²) in [5, 5.41) is 20.0. The monoisotopic (exact) mass is 225 g/mol. The summed E-state index contributed by atoms with van der Waals surface area (Å²) in [6.07, 6.45) is 0. The molecule has 0 saturated carbocycles. The molecule has 2 N–H and O–H groups in total. The van der Waals surface area contributed by atoms with Crippen molar-refractivity contribution in [1.82, 2.24) is 0 Å². The average Bonchev–Trinajstić information content (AvgIpc) is 2.29. The molecule has 16 heavy (non-hydrogen) atoms. The number of nitrogens with zero attached hydrogens (tertiary/aromatic N) is 1. The van der Waals surface area contributed by atoms with Crippen LogP contribution >= 0.6 is 0 Å². The van der Waals surface area contributed by atoms with Gasteiger partial charge in [-0.3, -0.25) is 0 Å². The number of ether oxygens (including phenoxy) is 2. The molecule has 0 spiro atoms. The smallest absolute Gasteiger partial charge is 0.358 e. The number of aliphatic carboxylic acids is 1. The molecule has 0 aromatic heterocycles. The van der Waals surface area contributed by atoms with Crippen molar-refractivity contribution < 1.29 is 24.6 Å². The fourth-order valence-electron chi connectivity index (χ4n) is 1.21. The van der Waals surface area contributed by atoms with Crippen molar-refractivity contribution in [1.29, 1.82) is 0 Å². The van der Waals surface area contributed by atoms with Gasteiger partial charge in [-0.15, -0.1) is 0 Å². The van der Waals surface area contributed by atoms with E-state index in [-0.39, 0.29) is 5.56 Å². The lowest BCUT2D eigenvalue weighted by Crippen LogP contribution is -2.14. The highest BCUT2D eigenvalue weighted by Crippen LogP contribution is 2.27. The Bertz CT molecular complexity index is 427. The topological polar surface area (TPSA) is 88.4 Å². The zero-order chi connectivity index (χ0) is 12.1. The van der Waals surface area contributed by atoms with E-state index in [0.29, 0.717) is 11.5 Å². The fourth-order valence-corrected chi connectivity index (χ4v) is 1.21. The molecule has 86 valence electrons. The first-order valence-electron chi connectivity index (χ1n) is 4.31. The van der Waals surface area contributed by atoms with Crippen LogP contribution in [0.2, 0.25) is 0 Å². The second-order valence-corrected chi connectivity index (χ2v) is 2.82. The molecule has 0 heterocycles. The normalized spacial score (nSPS) is 11.0. The number of oxime groups is 1. The average molecular weight is 225 g/mol. The van der Waals surface area contributed by atoms with Gasteiger partial charge in [0.2, 0.25) is 0 Å². The van der Waals surface area contributed by atoms with Crippen LogP contribution in [0.15, 0.2) is 23.4 Å². The third kappa shape index (κ3) is 2.22. The SMILES string of the molecule is COc1ccc(C(=NO)C(=O)O)cc1OC. The number of carbonyl (C=O) groups is 1. The number of carboxylic acid groups (broad SMARTS) is 1. The number of hydrogen-bond acceptors (Lipinski definition) is 5. The van der Waals surface area contributed by atoms with Crippen LogP contribution < -0.4 is 9.47 Å². The van der Waals surface area contributed by atoms with Crippen LogP contribution in [0.3, 0.4) is 0 Å². The molecule has 6 heteroatoms. The quantitative estimate of drug-likeness (QED) is 0.452. The molecule has 1 aromatic rings. The molecule has 0 amide bonds. The maximum atomic E-state index is 10.7. The van der Waals surface area contributed by atoms with E-state index in [0.717, 1.165) is 0 Å². The molecule has 0 fully saturated rings. The largest absolute Gasteiger partial charge is 0.493 e. The molecule has 6 nitrogen and oxygen atoms in total. The van der Waals surface area contributed by atoms with E-state index in [1.165, 1.54) is 32.4 Å². The summed E-state index contributed by atoms with van der Waals surface area (Å²) in [5.74, 6) is -0.494. The fraction of sp³-hybridized carbons (Fsp3) is 0.200. The van der Waals surface area contributed by atoms with Gasteiger partial charge < -0.3 is 19.8 Å². The lowest BCUT2D eigenvalue weighted by atomic mass is 10.1. The number of hydrogen-bond donors (Lipinski definition) is 2. The summed E-state index contributed by atoms with van der Waals surface area (Å²) in [6.45, 7) is 0. The molecule has 0 unspecified atom stereocenters. The summed E-state index contributed by atoms with van der Waals surface area (Å²) in [4.78, 5) is 10.7. The Morgan fingerprint density at radius 1 is 1.25 bits per heavy atom. The van der Waals surface area contributed by atoms with Crippen LogP contribution in [0.1, 0.15) is 5.56 Å². The minimum atomic E-state index is -1.32. The molecule has 1 rings (SSSR count). The van der Waals surface area contributed by atoms with Crippen molar-refractivity contribution in [3.63, 3.8) is 0 Å². The van der Waals surface area contributed by atoms with Crippen molar-refractivity contribution in [2.24, 2.45) is 5.16 Å². The molecule has 0 radical (unpaired) electrons. The van der Waals surface area contributed by atoms with E-state index in [1.807, 2.05) is 0 Å². The van der Waals surface area contributed by atoms with Gasteiger partial charge in [0.05, 0.1) is 14.2 Å². The van der Waals surface area contributed by atoms with Gasteiger partial charge in [0.1, 0.15) is 0 Å². The van der Waals surface area contributed by atoms with Gasteiger partial charge in [-0.1, -0.05) is 5.16 Å². The van der Waals surface area contributed by atoms with Gasteiger partial charge in [0, 0.05) is 5.56 Å². The van der Waals surface area contributed by atoms with Crippen molar-refractivity contribution >= 4 is 11.7 Å². The van der Waals surface area contributed by atoms with E-state index < -0.39 is 11.7 Å². The third-order valence-corrected chi connectivity index (χ3v) is 1.96. The second kappa shape index (κ2) is 5.01. The van der Waals surface area contributed by atoms with Gasteiger partial charge in [-0.05, 0) is 18.2 Å². The number of benzene rings is 1. The van der Waals surface area contributed by atoms with Crippen molar-refractivity contribution in [2.75, 3.05) is 14.2 Å². The molecule has 0 atom stereocenters. The van der Waals surface area contributed by atoms with Gasteiger partial charge in [0.25, 0.3) is 0 Å². The summed E-state index contributed by atoms with van der Waals surface area (Å²) in [6, 6.07) is 4.41. The van der Waals surface area contributed by atoms with Crippen LogP contribution in [-0.4, -0.2) is 36.2 Å². The molecule has 0 aliphatic carbocycles. The lowest BCUT2D eigenvalue weighted by Gasteiger charge is -2.08. The highest BCUT2D eigenvalue weighted by molar-refractivity contribution is 6.42. The Balaban J connectivity index is 3.22. The Labute approximate surface area is 91.7 Å². The molecule has 0 saturated heterocycles. The summed E-state index contributed by atoms with van der Waals surface area (Å²) >= 11 is 0. The van der Waals surface area contributed by atoms with E-state index in [2.05, 4.69) is 5.16 Å². The van der Waals surface area contributed by atoms with Gasteiger partial charge in [-0.25, -0.2) is 4.79 Å². The van der Waals surface area contributed by atoms with E-state index in [1.54, 1.807) is 0 Å². The van der Waals surface area contributed by atoms with E-state index >= 15 is 0 Å². The molecule has 0 aliphatic heterocycles. The second-order valence-electron chi connectivity index (χ2n) is 2.82. The van der Waals surface area contributed by atoms with Gasteiger partial charge in [-0.2, -0.15) is 0 Å². The maximum Gasteiger partial charge on any atom is 0.358 e. The predicted molar refractivity (Wildman–Crippen MR) is 55.5 cm³/mol. The Hall–Kier alpha value is -2.24. The summed E-state index contributed by atoms with van der Waals surface area (Å²) < 4.78 is 9.99. The Morgan fingerprint density at radius 2 is 1.88 bits per heavy atom. The van der Waals surface area contributed by atoms with Crippen LogP contribution in [0.4, 0.5) is 0 Å². The van der Waals surface area contributed by atoms with Gasteiger partial charge >= 0.3 is 5.97 Å². The van der Waals surface area contributed by atoms with Gasteiger partial charge in [0.15, 0.2) is 17.2 Å². The van der Waals surface area contributed by atoms with Crippen LogP contribution in [0, 0.1) is 0 Å². The van der Waals surface area contributed by atoms with E-state index in [9.17, 15) is 4.79 Å². The minimum absolute atomic E-state index is 0.229.